The zero-order chi connectivity index (χ0) is 20.6. The molecule has 7 heteroatoms. The Morgan fingerprint density at radius 1 is 1.21 bits per heavy atom. The van der Waals surface area contributed by atoms with Crippen molar-refractivity contribution in [1.29, 1.82) is 0 Å². The molecule has 1 unspecified atom stereocenters. The van der Waals surface area contributed by atoms with E-state index in [1.807, 2.05) is 6.07 Å². The van der Waals surface area contributed by atoms with E-state index >= 15 is 0 Å². The van der Waals surface area contributed by atoms with Gasteiger partial charge in [-0.2, -0.15) is 0 Å². The van der Waals surface area contributed by atoms with Crippen molar-refractivity contribution in [2.24, 2.45) is 11.8 Å². The molecule has 1 N–H and O–H groups in total. The highest BCUT2D eigenvalue weighted by atomic mass is 16.2. The average molecular weight is 403 g/mol. The molecule has 2 aliphatic rings. The summed E-state index contributed by atoms with van der Waals surface area (Å²) in [6, 6.07) is 2.04. The van der Waals surface area contributed by atoms with Crippen molar-refractivity contribution in [1.82, 2.24) is 19.8 Å². The minimum Gasteiger partial charge on any atom is -0.370 e. The van der Waals surface area contributed by atoms with Crippen LogP contribution in [0.2, 0.25) is 0 Å². The summed E-state index contributed by atoms with van der Waals surface area (Å²) in [7, 11) is 0. The number of hydrogen-bond acceptors (Lipinski definition) is 6. The van der Waals surface area contributed by atoms with Crippen LogP contribution in [0.25, 0.3) is 0 Å². The molecule has 2 fully saturated rings. The van der Waals surface area contributed by atoms with Crippen LogP contribution >= 0.6 is 0 Å². The zero-order valence-corrected chi connectivity index (χ0v) is 18.4. The number of amides is 1. The molecular weight excluding hydrogens is 364 g/mol. The van der Waals surface area contributed by atoms with Crippen LogP contribution in [-0.4, -0.2) is 78.0 Å². The first-order valence-corrected chi connectivity index (χ1v) is 11.4. The molecule has 0 aromatic carbocycles. The number of rotatable bonds is 8. The topological polar surface area (TPSA) is 64.6 Å². The number of carbonyl (C=O) groups is 1. The quantitative estimate of drug-likeness (QED) is 0.721. The zero-order valence-electron chi connectivity index (χ0n) is 18.4. The predicted molar refractivity (Wildman–Crippen MR) is 118 cm³/mol. The Labute approximate surface area is 175 Å². The lowest BCUT2D eigenvalue weighted by atomic mass is 9.93. The van der Waals surface area contributed by atoms with Crippen molar-refractivity contribution in [3.05, 3.63) is 12.4 Å². The average Bonchev–Trinajstić information content (AvgIpc) is 2.73. The van der Waals surface area contributed by atoms with E-state index in [0.717, 1.165) is 76.8 Å². The number of nitrogens with zero attached hydrogens (tertiary/aromatic N) is 5. The summed E-state index contributed by atoms with van der Waals surface area (Å²) in [6.07, 6.45) is 5.66. The molecule has 1 aromatic heterocycles. The molecule has 0 radical (unpaired) electrons. The number of nitrogens with one attached hydrogen (secondary N) is 1. The van der Waals surface area contributed by atoms with Crippen LogP contribution in [0.15, 0.2) is 12.4 Å². The first-order chi connectivity index (χ1) is 14.0. The monoisotopic (exact) mass is 402 g/mol. The van der Waals surface area contributed by atoms with Crippen molar-refractivity contribution in [2.75, 3.05) is 62.6 Å². The smallest absolute Gasteiger partial charge is 0.222 e. The second-order valence-electron chi connectivity index (χ2n) is 8.86. The van der Waals surface area contributed by atoms with Gasteiger partial charge in [0.1, 0.15) is 18.0 Å². The van der Waals surface area contributed by atoms with E-state index in [1.165, 1.54) is 6.42 Å². The molecule has 0 saturated carbocycles. The van der Waals surface area contributed by atoms with Gasteiger partial charge in [0, 0.05) is 64.8 Å². The molecule has 1 atom stereocenters. The maximum Gasteiger partial charge on any atom is 0.222 e. The van der Waals surface area contributed by atoms with E-state index in [9.17, 15) is 4.79 Å². The van der Waals surface area contributed by atoms with E-state index in [0.29, 0.717) is 24.2 Å². The number of anilines is 2. The molecule has 0 bridgehead atoms. The highest BCUT2D eigenvalue weighted by Crippen LogP contribution is 2.26. The Hall–Kier alpha value is -1.89. The van der Waals surface area contributed by atoms with Gasteiger partial charge in [-0.25, -0.2) is 9.97 Å². The second kappa shape index (κ2) is 10.8. The lowest BCUT2D eigenvalue weighted by Gasteiger charge is -2.36. The van der Waals surface area contributed by atoms with Gasteiger partial charge in [0.25, 0.3) is 0 Å². The van der Waals surface area contributed by atoms with Gasteiger partial charge in [-0.3, -0.25) is 9.69 Å². The summed E-state index contributed by atoms with van der Waals surface area (Å²) in [5.41, 5.74) is 0. The number of carbonyl (C=O) groups excluding carboxylic acids is 1. The molecule has 2 aliphatic heterocycles. The largest absolute Gasteiger partial charge is 0.370 e. The van der Waals surface area contributed by atoms with Crippen LogP contribution in [0.4, 0.5) is 11.6 Å². The Balaban J connectivity index is 1.44. The second-order valence-corrected chi connectivity index (χ2v) is 8.86. The Morgan fingerprint density at radius 3 is 2.72 bits per heavy atom. The van der Waals surface area contributed by atoms with Crippen molar-refractivity contribution in [3.8, 4) is 0 Å². The summed E-state index contributed by atoms with van der Waals surface area (Å²) in [6.45, 7) is 14.4. The third-order valence-corrected chi connectivity index (χ3v) is 5.97. The van der Waals surface area contributed by atoms with Gasteiger partial charge in [0.15, 0.2) is 0 Å². The van der Waals surface area contributed by atoms with Crippen LogP contribution in [0, 0.1) is 11.8 Å². The first-order valence-electron chi connectivity index (χ1n) is 11.4. The molecule has 7 nitrogen and oxygen atoms in total. The maximum atomic E-state index is 12.7. The molecule has 162 valence electrons. The summed E-state index contributed by atoms with van der Waals surface area (Å²) < 4.78 is 0. The fraction of sp³-hybridized carbons (Fsp3) is 0.773. The fourth-order valence-electron chi connectivity index (χ4n) is 4.49. The van der Waals surface area contributed by atoms with Crippen molar-refractivity contribution < 1.29 is 4.79 Å². The SMILES string of the molecule is CCNc1cc(N2CCCC(CCC(=O)N3CCN(CC(C)C)CC3)C2)ncn1. The van der Waals surface area contributed by atoms with Crippen molar-refractivity contribution >= 4 is 17.5 Å². The maximum absolute atomic E-state index is 12.7. The number of piperazine rings is 1. The summed E-state index contributed by atoms with van der Waals surface area (Å²) in [5.74, 6) is 3.46. The summed E-state index contributed by atoms with van der Waals surface area (Å²) >= 11 is 0. The number of aromatic nitrogens is 2. The van der Waals surface area contributed by atoms with Gasteiger partial charge >= 0.3 is 0 Å². The number of hydrogen-bond donors (Lipinski definition) is 1. The molecule has 0 spiro atoms. The normalized spacial score (nSPS) is 20.9. The first kappa shape index (κ1) is 21.8. The predicted octanol–water partition coefficient (Wildman–Crippen LogP) is 2.71. The van der Waals surface area contributed by atoms with Crippen molar-refractivity contribution in [2.45, 2.75) is 46.5 Å². The van der Waals surface area contributed by atoms with E-state index in [2.05, 4.69) is 50.8 Å². The Kier molecular flexibility index (Phi) is 8.09. The van der Waals surface area contributed by atoms with Crippen LogP contribution in [0.5, 0.6) is 0 Å². The molecule has 3 rings (SSSR count). The van der Waals surface area contributed by atoms with Crippen LogP contribution < -0.4 is 10.2 Å². The standard InChI is InChI=1S/C22H38N6O/c1-4-23-20-14-21(25-17-24-20)28-9-5-6-19(16-28)7-8-22(29)27-12-10-26(11-13-27)15-18(2)3/h14,17-19H,4-13,15-16H2,1-3H3,(H,23,24,25). The molecular formula is C22H38N6O. The van der Waals surface area contributed by atoms with Crippen molar-refractivity contribution in [3.63, 3.8) is 0 Å². The Bertz CT molecular complexity index is 644. The summed E-state index contributed by atoms with van der Waals surface area (Å²) in [4.78, 5) is 28.4. The van der Waals surface area contributed by atoms with Gasteiger partial charge in [-0.05, 0) is 38.0 Å². The highest BCUT2D eigenvalue weighted by molar-refractivity contribution is 5.76. The van der Waals surface area contributed by atoms with Gasteiger partial charge < -0.3 is 15.1 Å². The molecule has 0 aliphatic carbocycles. The van der Waals surface area contributed by atoms with Gasteiger partial charge in [-0.1, -0.05) is 13.8 Å². The summed E-state index contributed by atoms with van der Waals surface area (Å²) in [5, 5.41) is 3.26. The van der Waals surface area contributed by atoms with Gasteiger partial charge in [0.2, 0.25) is 5.91 Å². The minimum atomic E-state index is 0.336. The molecule has 1 aromatic rings. The third-order valence-electron chi connectivity index (χ3n) is 5.97. The molecule has 2 saturated heterocycles. The lowest BCUT2D eigenvalue weighted by molar-refractivity contribution is -0.133. The molecule has 1 amide bonds. The number of piperidine rings is 1. The van der Waals surface area contributed by atoms with E-state index in [4.69, 9.17) is 0 Å². The third kappa shape index (κ3) is 6.56. The van der Waals surface area contributed by atoms with Crippen LogP contribution in [-0.2, 0) is 4.79 Å². The fourth-order valence-corrected chi connectivity index (χ4v) is 4.49. The van der Waals surface area contributed by atoms with Gasteiger partial charge in [-0.15, -0.1) is 0 Å². The van der Waals surface area contributed by atoms with E-state index in [1.54, 1.807) is 6.33 Å². The Morgan fingerprint density at radius 2 is 2.00 bits per heavy atom. The highest BCUT2D eigenvalue weighted by Gasteiger charge is 2.25. The lowest BCUT2D eigenvalue weighted by Crippen LogP contribution is -2.49. The van der Waals surface area contributed by atoms with Gasteiger partial charge in [0.05, 0.1) is 0 Å². The molecule has 3 heterocycles. The minimum absolute atomic E-state index is 0.336. The van der Waals surface area contributed by atoms with E-state index in [-0.39, 0.29) is 0 Å². The van der Waals surface area contributed by atoms with Crippen LogP contribution in [0.3, 0.4) is 0 Å². The van der Waals surface area contributed by atoms with Crippen LogP contribution in [0.1, 0.15) is 46.5 Å². The molecule has 29 heavy (non-hydrogen) atoms. The van der Waals surface area contributed by atoms with E-state index < -0.39 is 0 Å².